The lowest BCUT2D eigenvalue weighted by Gasteiger charge is -2.17. The van der Waals surface area contributed by atoms with Crippen molar-refractivity contribution >= 4 is 38.1 Å². The minimum atomic E-state index is -3.40. The van der Waals surface area contributed by atoms with Gasteiger partial charge in [0.15, 0.2) is 0 Å². The van der Waals surface area contributed by atoms with E-state index in [4.69, 9.17) is 11.6 Å². The molecule has 0 atom stereocenters. The Kier molecular flexibility index (Phi) is 2.72. The molecule has 1 heterocycles. The second kappa shape index (κ2) is 4.14. The van der Waals surface area contributed by atoms with Crippen LogP contribution in [0.1, 0.15) is 6.42 Å². The summed E-state index contributed by atoms with van der Waals surface area (Å²) in [4.78, 5) is 0.408. The average molecular weight is 282 g/mol. The molecule has 94 valence electrons. The van der Waals surface area contributed by atoms with Crippen LogP contribution in [0.3, 0.4) is 0 Å². The molecule has 0 saturated heterocycles. The zero-order valence-electron chi connectivity index (χ0n) is 9.64. The molecule has 0 radical (unpaired) electrons. The van der Waals surface area contributed by atoms with Gasteiger partial charge in [0, 0.05) is 17.8 Å². The molecule has 3 rings (SSSR count). The third-order valence-electron chi connectivity index (χ3n) is 3.18. The zero-order chi connectivity index (χ0) is 12.8. The largest absolute Gasteiger partial charge is 0.266 e. The second-order valence-electron chi connectivity index (χ2n) is 4.25. The molecule has 0 saturated carbocycles. The number of nitrogens with zero attached hydrogens (tertiary/aromatic N) is 1. The molecular weight excluding hydrogens is 270 g/mol. The maximum absolute atomic E-state index is 12.5. The van der Waals surface area contributed by atoms with Gasteiger partial charge in [-0.15, -0.1) is 11.6 Å². The first-order chi connectivity index (χ1) is 8.66. The predicted octanol–water partition coefficient (Wildman–Crippen LogP) is 2.98. The van der Waals surface area contributed by atoms with Crippen molar-refractivity contribution in [2.24, 2.45) is 0 Å². The average Bonchev–Trinajstić information content (AvgIpc) is 2.59. The lowest BCUT2D eigenvalue weighted by Crippen LogP contribution is -2.28. The van der Waals surface area contributed by atoms with Crippen LogP contribution in [0.15, 0.2) is 41.3 Å². The Labute approximate surface area is 111 Å². The quantitative estimate of drug-likeness (QED) is 0.811. The Bertz CT molecular complexity index is 707. The lowest BCUT2D eigenvalue weighted by molar-refractivity contribution is 0.593. The van der Waals surface area contributed by atoms with E-state index in [1.165, 1.54) is 4.31 Å². The van der Waals surface area contributed by atoms with E-state index in [0.29, 0.717) is 23.7 Å². The number of benzene rings is 2. The van der Waals surface area contributed by atoms with Crippen molar-refractivity contribution in [3.05, 3.63) is 36.4 Å². The highest BCUT2D eigenvalue weighted by Gasteiger charge is 2.34. The first kappa shape index (κ1) is 11.8. The SMILES string of the molecule is O=S1(=O)c2cccc3cccc(c23)N1CCCCl. The van der Waals surface area contributed by atoms with Crippen LogP contribution in [0.25, 0.3) is 10.8 Å². The van der Waals surface area contributed by atoms with Crippen molar-refractivity contribution in [2.75, 3.05) is 16.7 Å². The summed E-state index contributed by atoms with van der Waals surface area (Å²) in [5.74, 6) is 0.457. The van der Waals surface area contributed by atoms with Crippen LogP contribution in [0.4, 0.5) is 5.69 Å². The fourth-order valence-electron chi connectivity index (χ4n) is 2.40. The summed E-state index contributed by atoms with van der Waals surface area (Å²) in [6.07, 6.45) is 0.644. The molecule has 5 heteroatoms. The molecule has 0 aliphatic carbocycles. The van der Waals surface area contributed by atoms with Crippen molar-refractivity contribution in [1.29, 1.82) is 0 Å². The van der Waals surface area contributed by atoms with E-state index in [-0.39, 0.29) is 0 Å². The van der Waals surface area contributed by atoms with Crippen LogP contribution in [0, 0.1) is 0 Å². The summed E-state index contributed by atoms with van der Waals surface area (Å²) in [5.41, 5.74) is 0.771. The number of sulfonamides is 1. The number of hydrogen-bond acceptors (Lipinski definition) is 2. The summed E-state index contributed by atoms with van der Waals surface area (Å²) in [6, 6.07) is 11.1. The Balaban J connectivity index is 2.27. The van der Waals surface area contributed by atoms with E-state index in [1.807, 2.05) is 24.3 Å². The Hall–Kier alpha value is -1.26. The molecule has 0 spiro atoms. The lowest BCUT2D eigenvalue weighted by atomic mass is 10.1. The molecule has 0 unspecified atom stereocenters. The zero-order valence-corrected chi connectivity index (χ0v) is 11.2. The van der Waals surface area contributed by atoms with E-state index in [0.717, 1.165) is 16.5 Å². The maximum atomic E-state index is 12.5. The number of halogens is 1. The van der Waals surface area contributed by atoms with Gasteiger partial charge in [-0.1, -0.05) is 24.3 Å². The van der Waals surface area contributed by atoms with Crippen molar-refractivity contribution in [2.45, 2.75) is 11.3 Å². The van der Waals surface area contributed by atoms with Gasteiger partial charge in [0.25, 0.3) is 10.0 Å². The van der Waals surface area contributed by atoms with Crippen LogP contribution < -0.4 is 4.31 Å². The number of alkyl halides is 1. The normalized spacial score (nSPS) is 16.4. The highest BCUT2D eigenvalue weighted by Crippen LogP contribution is 2.41. The first-order valence-electron chi connectivity index (χ1n) is 5.77. The molecule has 0 fully saturated rings. The highest BCUT2D eigenvalue weighted by atomic mass is 35.5. The Morgan fingerprint density at radius 1 is 1.11 bits per heavy atom. The third kappa shape index (κ3) is 1.52. The molecule has 0 bridgehead atoms. The van der Waals surface area contributed by atoms with E-state index < -0.39 is 10.0 Å². The summed E-state index contributed by atoms with van der Waals surface area (Å²) >= 11 is 5.67. The standard InChI is InChI=1S/C13H12ClNO2S/c14-8-3-9-15-11-6-1-4-10-5-2-7-12(13(10)11)18(15,16)17/h1-2,4-7H,3,8-9H2. The summed E-state index contributed by atoms with van der Waals surface area (Å²) in [7, 11) is -3.40. The van der Waals surface area contributed by atoms with E-state index in [1.54, 1.807) is 12.1 Å². The molecule has 2 aromatic rings. The van der Waals surface area contributed by atoms with Gasteiger partial charge in [0.2, 0.25) is 0 Å². The summed E-state index contributed by atoms with van der Waals surface area (Å²) in [6.45, 7) is 0.430. The molecule has 1 aliphatic heterocycles. The van der Waals surface area contributed by atoms with Gasteiger partial charge < -0.3 is 0 Å². The number of hydrogen-bond donors (Lipinski definition) is 0. The topological polar surface area (TPSA) is 37.4 Å². The number of rotatable bonds is 3. The highest BCUT2D eigenvalue weighted by molar-refractivity contribution is 7.93. The van der Waals surface area contributed by atoms with Gasteiger partial charge in [-0.25, -0.2) is 8.42 Å². The first-order valence-corrected chi connectivity index (χ1v) is 7.74. The maximum Gasteiger partial charge on any atom is 0.265 e. The minimum absolute atomic E-state index is 0.408. The molecule has 0 aromatic heterocycles. The second-order valence-corrected chi connectivity index (χ2v) is 6.46. The molecule has 3 nitrogen and oxygen atoms in total. The van der Waals surface area contributed by atoms with Crippen LogP contribution in [-0.2, 0) is 10.0 Å². The third-order valence-corrected chi connectivity index (χ3v) is 5.30. The van der Waals surface area contributed by atoms with Crippen molar-refractivity contribution in [3.8, 4) is 0 Å². The molecule has 18 heavy (non-hydrogen) atoms. The van der Waals surface area contributed by atoms with Crippen molar-refractivity contribution in [1.82, 2.24) is 0 Å². The Morgan fingerprint density at radius 2 is 1.83 bits per heavy atom. The van der Waals surface area contributed by atoms with Crippen molar-refractivity contribution < 1.29 is 8.42 Å². The van der Waals surface area contributed by atoms with Gasteiger partial charge in [-0.3, -0.25) is 4.31 Å². The van der Waals surface area contributed by atoms with Gasteiger partial charge in [0.1, 0.15) is 0 Å². The number of anilines is 1. The van der Waals surface area contributed by atoms with E-state index >= 15 is 0 Å². The summed E-state index contributed by atoms with van der Waals surface area (Å²) < 4.78 is 26.4. The smallest absolute Gasteiger partial charge is 0.265 e. The molecule has 0 amide bonds. The monoisotopic (exact) mass is 281 g/mol. The van der Waals surface area contributed by atoms with Crippen molar-refractivity contribution in [3.63, 3.8) is 0 Å². The molecular formula is C13H12ClNO2S. The molecule has 2 aromatic carbocycles. The van der Waals surface area contributed by atoms with Gasteiger partial charge >= 0.3 is 0 Å². The fourth-order valence-corrected chi connectivity index (χ4v) is 4.27. The van der Waals surface area contributed by atoms with Gasteiger partial charge in [0.05, 0.1) is 10.6 Å². The molecule has 0 N–H and O–H groups in total. The van der Waals surface area contributed by atoms with E-state index in [2.05, 4.69) is 0 Å². The predicted molar refractivity (Wildman–Crippen MR) is 73.8 cm³/mol. The molecule has 1 aliphatic rings. The van der Waals surface area contributed by atoms with E-state index in [9.17, 15) is 8.42 Å². The minimum Gasteiger partial charge on any atom is -0.266 e. The van der Waals surface area contributed by atoms with Crippen LogP contribution in [-0.4, -0.2) is 20.8 Å². The Morgan fingerprint density at radius 3 is 2.56 bits per heavy atom. The van der Waals surface area contributed by atoms with Crippen LogP contribution in [0.5, 0.6) is 0 Å². The van der Waals surface area contributed by atoms with Crippen LogP contribution in [0.2, 0.25) is 0 Å². The fraction of sp³-hybridized carbons (Fsp3) is 0.231. The van der Waals surface area contributed by atoms with Gasteiger partial charge in [-0.2, -0.15) is 0 Å². The van der Waals surface area contributed by atoms with Crippen LogP contribution >= 0.6 is 11.6 Å². The van der Waals surface area contributed by atoms with Gasteiger partial charge in [-0.05, 0) is 23.9 Å². The summed E-state index contributed by atoms with van der Waals surface area (Å²) in [5, 5.41) is 1.79.